The molecule has 1 rings (SSSR count). The number of aromatic amines is 1. The van der Waals surface area contributed by atoms with Gasteiger partial charge in [-0.2, -0.15) is 23.5 Å². The van der Waals surface area contributed by atoms with Gasteiger partial charge in [-0.3, -0.25) is 19.2 Å². The van der Waals surface area contributed by atoms with Crippen molar-refractivity contribution in [3.05, 3.63) is 18.2 Å². The van der Waals surface area contributed by atoms with Crippen molar-refractivity contribution in [3.63, 3.8) is 0 Å². The fraction of sp³-hybridized carbons (Fsp3) is 0.619. The molecule has 0 radical (unpaired) electrons. The monoisotopic (exact) mass is 545 g/mol. The van der Waals surface area contributed by atoms with Gasteiger partial charge < -0.3 is 37.5 Å². The van der Waals surface area contributed by atoms with Crippen LogP contribution in [0.25, 0.3) is 0 Å². The van der Waals surface area contributed by atoms with Crippen molar-refractivity contribution >= 4 is 53.1 Å². The lowest BCUT2D eigenvalue weighted by atomic mass is 10.1. The van der Waals surface area contributed by atoms with Crippen molar-refractivity contribution in [1.29, 1.82) is 0 Å². The molecular formula is C21H35N7O6S2. The molecule has 0 aromatic carbocycles. The summed E-state index contributed by atoms with van der Waals surface area (Å²) in [5, 5.41) is 17.1. The Labute approximate surface area is 218 Å². The van der Waals surface area contributed by atoms with E-state index in [0.717, 1.165) is 0 Å². The van der Waals surface area contributed by atoms with Gasteiger partial charge in [-0.15, -0.1) is 0 Å². The number of primary amides is 1. The lowest BCUT2D eigenvalue weighted by Gasteiger charge is -2.25. The molecule has 4 atom stereocenters. The number of carbonyl (C=O) groups is 5. The van der Waals surface area contributed by atoms with E-state index >= 15 is 0 Å². The van der Waals surface area contributed by atoms with E-state index in [1.165, 1.54) is 24.3 Å². The molecule has 15 heteroatoms. The predicted molar refractivity (Wildman–Crippen MR) is 138 cm³/mol. The number of hydrogen-bond donors (Lipinski definition) is 7. The minimum absolute atomic E-state index is 0.0715. The number of nitrogens with two attached hydrogens (primary N) is 2. The van der Waals surface area contributed by atoms with E-state index in [1.807, 2.05) is 12.5 Å². The van der Waals surface area contributed by atoms with Crippen molar-refractivity contribution in [1.82, 2.24) is 25.9 Å². The number of hydrogen-bond acceptors (Lipinski definition) is 9. The molecule has 0 fully saturated rings. The quantitative estimate of drug-likeness (QED) is 0.114. The summed E-state index contributed by atoms with van der Waals surface area (Å²) in [6.45, 7) is 0. The number of carboxylic acids is 1. The highest BCUT2D eigenvalue weighted by atomic mass is 32.2. The molecule has 4 amide bonds. The van der Waals surface area contributed by atoms with Crippen LogP contribution in [-0.4, -0.2) is 92.9 Å². The van der Waals surface area contributed by atoms with Crippen molar-refractivity contribution in [3.8, 4) is 0 Å². The first-order chi connectivity index (χ1) is 17.1. The van der Waals surface area contributed by atoms with Gasteiger partial charge in [-0.1, -0.05) is 0 Å². The van der Waals surface area contributed by atoms with Gasteiger partial charge in [0.25, 0.3) is 0 Å². The molecule has 0 aliphatic carbocycles. The van der Waals surface area contributed by atoms with Gasteiger partial charge >= 0.3 is 5.97 Å². The smallest absolute Gasteiger partial charge is 0.326 e. The minimum atomic E-state index is -1.31. The molecule has 0 spiro atoms. The zero-order valence-electron chi connectivity index (χ0n) is 20.3. The van der Waals surface area contributed by atoms with E-state index in [-0.39, 0.29) is 25.7 Å². The van der Waals surface area contributed by atoms with Crippen LogP contribution in [0.1, 0.15) is 31.4 Å². The molecule has 4 unspecified atom stereocenters. The fourth-order valence-corrected chi connectivity index (χ4v) is 4.04. The summed E-state index contributed by atoms with van der Waals surface area (Å²) in [4.78, 5) is 68.1. The zero-order valence-corrected chi connectivity index (χ0v) is 22.0. The second kappa shape index (κ2) is 16.8. The summed E-state index contributed by atoms with van der Waals surface area (Å²) >= 11 is 3.01. The average Bonchev–Trinajstić information content (AvgIpc) is 3.34. The van der Waals surface area contributed by atoms with Gasteiger partial charge in [0.2, 0.25) is 23.6 Å². The van der Waals surface area contributed by atoms with Crippen molar-refractivity contribution in [2.45, 2.75) is 56.3 Å². The maximum absolute atomic E-state index is 13.1. The molecule has 0 aliphatic rings. The Balaban J connectivity index is 2.96. The number of thioether (sulfide) groups is 2. The Morgan fingerprint density at radius 2 is 1.50 bits per heavy atom. The molecule has 0 aliphatic heterocycles. The number of H-pyrrole nitrogens is 1. The number of carboxylic acid groups (broad SMARTS) is 1. The summed E-state index contributed by atoms with van der Waals surface area (Å²) < 4.78 is 0. The standard InChI is InChI=1S/C21H35N7O6S2/c1-35-7-5-13(22)18(30)26-15(6-8-36-2)20(32)27-14(3-4-17(23)29)19(31)28-16(21(33)34)9-12-10-24-11-25-12/h10-11,13-16H,3-9,22H2,1-2H3,(H2,23,29)(H,24,25)(H,26,30)(H,27,32)(H,28,31)(H,33,34). The molecule has 13 nitrogen and oxygen atoms in total. The van der Waals surface area contributed by atoms with Crippen molar-refractivity contribution < 1.29 is 29.1 Å². The first-order valence-corrected chi connectivity index (χ1v) is 14.0. The number of nitrogens with zero attached hydrogens (tertiary/aromatic N) is 1. The van der Waals surface area contributed by atoms with Crippen LogP contribution in [0.3, 0.4) is 0 Å². The maximum atomic E-state index is 13.1. The number of aliphatic carboxylic acids is 1. The van der Waals surface area contributed by atoms with E-state index in [9.17, 15) is 29.1 Å². The number of aromatic nitrogens is 2. The highest BCUT2D eigenvalue weighted by Gasteiger charge is 2.30. The molecule has 0 saturated heterocycles. The lowest BCUT2D eigenvalue weighted by molar-refractivity contribution is -0.142. The first-order valence-electron chi connectivity index (χ1n) is 11.2. The summed E-state index contributed by atoms with van der Waals surface area (Å²) in [6, 6.07) is -4.34. The Morgan fingerprint density at radius 1 is 0.944 bits per heavy atom. The van der Waals surface area contributed by atoms with Crippen LogP contribution in [0.4, 0.5) is 0 Å². The fourth-order valence-electron chi connectivity index (χ4n) is 3.08. The van der Waals surface area contributed by atoms with Crippen LogP contribution in [0, 0.1) is 0 Å². The van der Waals surface area contributed by atoms with Gasteiger partial charge in [0, 0.05) is 24.7 Å². The van der Waals surface area contributed by atoms with Crippen LogP contribution in [0.15, 0.2) is 12.5 Å². The number of imidazole rings is 1. The third kappa shape index (κ3) is 11.8. The average molecular weight is 546 g/mol. The van der Waals surface area contributed by atoms with E-state index in [0.29, 0.717) is 23.6 Å². The van der Waals surface area contributed by atoms with Crippen LogP contribution >= 0.6 is 23.5 Å². The van der Waals surface area contributed by atoms with E-state index in [1.54, 1.807) is 11.8 Å². The number of amides is 4. The number of rotatable bonds is 18. The predicted octanol–water partition coefficient (Wildman–Crippen LogP) is -1.41. The van der Waals surface area contributed by atoms with Crippen molar-refractivity contribution in [2.24, 2.45) is 11.5 Å². The Morgan fingerprint density at radius 3 is 2.03 bits per heavy atom. The van der Waals surface area contributed by atoms with Crippen LogP contribution in [0.5, 0.6) is 0 Å². The Hall–Kier alpha value is -2.78. The minimum Gasteiger partial charge on any atom is -0.480 e. The molecule has 9 N–H and O–H groups in total. The molecule has 202 valence electrons. The normalized spacial score (nSPS) is 14.2. The molecular weight excluding hydrogens is 510 g/mol. The van der Waals surface area contributed by atoms with Gasteiger partial charge in [-0.25, -0.2) is 9.78 Å². The molecule has 36 heavy (non-hydrogen) atoms. The summed E-state index contributed by atoms with van der Waals surface area (Å²) in [5.74, 6) is -2.71. The third-order valence-electron chi connectivity index (χ3n) is 5.12. The highest BCUT2D eigenvalue weighted by Crippen LogP contribution is 2.07. The topological polar surface area (TPSA) is 222 Å². The van der Waals surface area contributed by atoms with Crippen LogP contribution < -0.4 is 27.4 Å². The number of carbonyl (C=O) groups excluding carboxylic acids is 4. The molecule has 1 heterocycles. The van der Waals surface area contributed by atoms with E-state index in [4.69, 9.17) is 11.5 Å². The van der Waals surface area contributed by atoms with Crippen LogP contribution in [0.2, 0.25) is 0 Å². The molecule has 1 aromatic rings. The summed E-state index contributed by atoms with van der Waals surface area (Å²) in [7, 11) is 0. The Bertz CT molecular complexity index is 871. The zero-order chi connectivity index (χ0) is 27.1. The van der Waals surface area contributed by atoms with Crippen molar-refractivity contribution in [2.75, 3.05) is 24.0 Å². The van der Waals surface area contributed by atoms with Gasteiger partial charge in [-0.05, 0) is 43.3 Å². The van der Waals surface area contributed by atoms with Crippen LogP contribution in [-0.2, 0) is 30.4 Å². The molecule has 0 saturated carbocycles. The maximum Gasteiger partial charge on any atom is 0.326 e. The summed E-state index contributed by atoms with van der Waals surface area (Å²) in [5.41, 5.74) is 11.6. The van der Waals surface area contributed by atoms with Gasteiger partial charge in [0.15, 0.2) is 0 Å². The first kappa shape index (κ1) is 31.3. The lowest BCUT2D eigenvalue weighted by Crippen LogP contribution is -2.57. The van der Waals surface area contributed by atoms with E-state index < -0.39 is 53.8 Å². The highest BCUT2D eigenvalue weighted by molar-refractivity contribution is 7.98. The third-order valence-corrected chi connectivity index (χ3v) is 6.41. The number of nitrogens with one attached hydrogen (secondary N) is 4. The molecule has 0 bridgehead atoms. The second-order valence-electron chi connectivity index (χ2n) is 7.98. The largest absolute Gasteiger partial charge is 0.480 e. The Kier molecular flexibility index (Phi) is 14.6. The SMILES string of the molecule is CSCCC(N)C(=O)NC(CCSC)C(=O)NC(CCC(N)=O)C(=O)NC(Cc1cnc[nH]1)C(=O)O. The van der Waals surface area contributed by atoms with Gasteiger partial charge in [0.05, 0.1) is 12.4 Å². The van der Waals surface area contributed by atoms with Gasteiger partial charge in [0.1, 0.15) is 18.1 Å². The second-order valence-corrected chi connectivity index (χ2v) is 9.95. The molecule has 1 aromatic heterocycles. The van der Waals surface area contributed by atoms with E-state index in [2.05, 4.69) is 25.9 Å². The summed E-state index contributed by atoms with van der Waals surface area (Å²) in [6.07, 6.45) is 6.79.